The van der Waals surface area contributed by atoms with Gasteiger partial charge in [0.2, 0.25) is 11.8 Å². The standard InChI is InChI=1S/C47H97N3O2P/c1-12-15-18-21-24-27-32-53(33-28-25-22-19-16-13-2,34-29-26-23-20-17-14-3)35-30-31-48(40-46(51)49(36-42(4)5)37-43(6)7)41-47(52)50(38-44(8)9)39-45(10)11/h42-45H,12-41H2,1-11H3/q+1. The zero-order valence-corrected chi connectivity index (χ0v) is 39.0. The molecule has 0 aliphatic heterocycles. The maximum atomic E-state index is 14.0. The van der Waals surface area contributed by atoms with Crippen molar-refractivity contribution in [2.24, 2.45) is 23.7 Å². The lowest BCUT2D eigenvalue weighted by atomic mass is 10.1. The van der Waals surface area contributed by atoms with Gasteiger partial charge in [-0.2, -0.15) is 0 Å². The fourth-order valence-electron chi connectivity index (χ4n) is 8.10. The van der Waals surface area contributed by atoms with E-state index in [9.17, 15) is 9.59 Å². The van der Waals surface area contributed by atoms with Crippen molar-refractivity contribution in [3.05, 3.63) is 0 Å². The zero-order chi connectivity index (χ0) is 39.9. The maximum Gasteiger partial charge on any atom is 0.236 e. The largest absolute Gasteiger partial charge is 0.341 e. The first kappa shape index (κ1) is 52.3. The van der Waals surface area contributed by atoms with E-state index in [1.165, 1.54) is 140 Å². The van der Waals surface area contributed by atoms with E-state index in [0.29, 0.717) is 36.8 Å². The molecule has 0 bridgehead atoms. The average molecular weight is 767 g/mol. The van der Waals surface area contributed by atoms with E-state index in [1.54, 1.807) is 0 Å². The van der Waals surface area contributed by atoms with Crippen LogP contribution in [0.3, 0.4) is 0 Å². The molecule has 2 amide bonds. The summed E-state index contributed by atoms with van der Waals surface area (Å²) in [6.07, 6.45) is 31.7. The normalized spacial score (nSPS) is 12.3. The number of rotatable bonds is 37. The highest BCUT2D eigenvalue weighted by molar-refractivity contribution is 7.75. The molecular formula is C47H97N3O2P+. The Labute approximate surface area is 334 Å². The van der Waals surface area contributed by atoms with E-state index in [0.717, 1.165) is 39.1 Å². The van der Waals surface area contributed by atoms with Gasteiger partial charge in [-0.15, -0.1) is 0 Å². The Morgan fingerprint density at radius 2 is 0.660 bits per heavy atom. The summed E-state index contributed by atoms with van der Waals surface area (Å²) in [6, 6.07) is 0. The lowest BCUT2D eigenvalue weighted by molar-refractivity contribution is -0.137. The number of amides is 2. The highest BCUT2D eigenvalue weighted by Crippen LogP contribution is 2.61. The fraction of sp³-hybridized carbons (Fsp3) is 0.957. The van der Waals surface area contributed by atoms with Crippen LogP contribution in [0.5, 0.6) is 0 Å². The highest BCUT2D eigenvalue weighted by atomic mass is 31.2. The van der Waals surface area contributed by atoms with E-state index in [-0.39, 0.29) is 11.8 Å². The number of hydrogen-bond donors (Lipinski definition) is 0. The van der Waals surface area contributed by atoms with Crippen LogP contribution >= 0.6 is 7.26 Å². The zero-order valence-electron chi connectivity index (χ0n) is 38.1. The number of carbonyl (C=O) groups is 2. The molecule has 0 saturated heterocycles. The quantitative estimate of drug-likeness (QED) is 0.0467. The third-order valence-electron chi connectivity index (χ3n) is 10.8. The molecule has 316 valence electrons. The van der Waals surface area contributed by atoms with Gasteiger partial charge in [-0.25, -0.2) is 0 Å². The second-order valence-electron chi connectivity index (χ2n) is 18.8. The molecular weight excluding hydrogens is 670 g/mol. The molecule has 0 aromatic heterocycles. The van der Waals surface area contributed by atoms with Crippen LogP contribution in [0, 0.1) is 23.7 Å². The summed E-state index contributed by atoms with van der Waals surface area (Å²) in [5.74, 6) is 2.11. The molecule has 0 aromatic carbocycles. The van der Waals surface area contributed by atoms with E-state index >= 15 is 0 Å². The maximum absolute atomic E-state index is 14.0. The highest BCUT2D eigenvalue weighted by Gasteiger charge is 2.36. The fourth-order valence-corrected chi connectivity index (χ4v) is 12.9. The molecule has 0 fully saturated rings. The Balaban J connectivity index is 6.23. The van der Waals surface area contributed by atoms with Crippen molar-refractivity contribution in [3.8, 4) is 0 Å². The van der Waals surface area contributed by atoms with Gasteiger partial charge in [-0.05, 0) is 68.6 Å². The van der Waals surface area contributed by atoms with Gasteiger partial charge in [0.15, 0.2) is 0 Å². The van der Waals surface area contributed by atoms with Crippen LogP contribution in [0.25, 0.3) is 0 Å². The monoisotopic (exact) mass is 767 g/mol. The van der Waals surface area contributed by atoms with Gasteiger partial charge in [0.25, 0.3) is 0 Å². The first-order chi connectivity index (χ1) is 25.3. The Morgan fingerprint density at radius 1 is 0.396 bits per heavy atom. The van der Waals surface area contributed by atoms with E-state index in [2.05, 4.69) is 90.9 Å². The van der Waals surface area contributed by atoms with Crippen LogP contribution in [0.1, 0.15) is 198 Å². The molecule has 0 N–H and O–H groups in total. The van der Waals surface area contributed by atoms with Crippen molar-refractivity contribution in [1.82, 2.24) is 14.7 Å². The average Bonchev–Trinajstić information content (AvgIpc) is 3.07. The van der Waals surface area contributed by atoms with Crippen molar-refractivity contribution < 1.29 is 9.59 Å². The lowest BCUT2D eigenvalue weighted by Crippen LogP contribution is -2.48. The molecule has 0 unspecified atom stereocenters. The van der Waals surface area contributed by atoms with Crippen LogP contribution in [-0.2, 0) is 9.59 Å². The minimum Gasteiger partial charge on any atom is -0.341 e. The summed E-state index contributed by atoms with van der Waals surface area (Å²) in [5.41, 5.74) is 0. The molecule has 0 aromatic rings. The molecule has 53 heavy (non-hydrogen) atoms. The van der Waals surface area contributed by atoms with E-state index in [1.807, 2.05) is 0 Å². The third kappa shape index (κ3) is 29.3. The predicted octanol–water partition coefficient (Wildman–Crippen LogP) is 13.1. The molecule has 0 aliphatic rings. The minimum absolute atomic E-state index is 0.201. The van der Waals surface area contributed by atoms with E-state index < -0.39 is 7.26 Å². The van der Waals surface area contributed by atoms with Gasteiger partial charge in [-0.3, -0.25) is 14.5 Å². The number of hydrogen-bond acceptors (Lipinski definition) is 3. The van der Waals surface area contributed by atoms with E-state index in [4.69, 9.17) is 0 Å². The van der Waals surface area contributed by atoms with Gasteiger partial charge < -0.3 is 9.80 Å². The molecule has 0 atom stereocenters. The summed E-state index contributed by atoms with van der Waals surface area (Å²) in [7, 11) is -1.12. The van der Waals surface area contributed by atoms with Crippen LogP contribution in [0.2, 0.25) is 0 Å². The van der Waals surface area contributed by atoms with Gasteiger partial charge in [-0.1, -0.05) is 153 Å². The Hall–Kier alpha value is -0.670. The molecule has 0 spiro atoms. The van der Waals surface area contributed by atoms with Crippen LogP contribution in [-0.4, -0.2) is 97.0 Å². The first-order valence-electron chi connectivity index (χ1n) is 23.4. The summed E-state index contributed by atoms with van der Waals surface area (Å²) in [4.78, 5) is 34.4. The number of nitrogens with zero attached hydrogens (tertiary/aromatic N) is 3. The van der Waals surface area contributed by atoms with Crippen LogP contribution in [0.4, 0.5) is 0 Å². The Morgan fingerprint density at radius 3 is 0.943 bits per heavy atom. The second-order valence-corrected chi connectivity index (χ2v) is 23.2. The van der Waals surface area contributed by atoms with Gasteiger partial charge in [0.05, 0.1) is 37.7 Å². The smallest absolute Gasteiger partial charge is 0.236 e. The van der Waals surface area contributed by atoms with Gasteiger partial charge in [0, 0.05) is 40.0 Å². The minimum atomic E-state index is -1.12. The Bertz CT molecular complexity index is 762. The molecule has 6 heteroatoms. The predicted molar refractivity (Wildman–Crippen MR) is 240 cm³/mol. The summed E-state index contributed by atoms with van der Waals surface area (Å²) < 4.78 is 0. The number of carbonyl (C=O) groups excluding carboxylic acids is 2. The lowest BCUT2D eigenvalue weighted by Gasteiger charge is -2.33. The van der Waals surface area contributed by atoms with Crippen molar-refractivity contribution in [2.45, 2.75) is 198 Å². The molecule has 0 rings (SSSR count). The summed E-state index contributed by atoms with van der Waals surface area (Å²) >= 11 is 0. The van der Waals surface area contributed by atoms with Crippen molar-refractivity contribution in [3.63, 3.8) is 0 Å². The number of unbranched alkanes of at least 4 members (excludes halogenated alkanes) is 15. The summed E-state index contributed by atoms with van der Waals surface area (Å²) in [5, 5.41) is 0. The van der Waals surface area contributed by atoms with Gasteiger partial charge >= 0.3 is 0 Å². The van der Waals surface area contributed by atoms with Crippen LogP contribution in [0.15, 0.2) is 0 Å². The summed E-state index contributed by atoms with van der Waals surface area (Å²) in [6.45, 7) is 29.3. The topological polar surface area (TPSA) is 43.9 Å². The molecule has 0 aliphatic carbocycles. The van der Waals surface area contributed by atoms with Crippen molar-refractivity contribution in [2.75, 3.05) is 70.5 Å². The molecule has 5 nitrogen and oxygen atoms in total. The molecule has 0 radical (unpaired) electrons. The van der Waals surface area contributed by atoms with Crippen molar-refractivity contribution in [1.29, 1.82) is 0 Å². The molecule has 0 saturated carbocycles. The van der Waals surface area contributed by atoms with Crippen LogP contribution < -0.4 is 0 Å². The SMILES string of the molecule is CCCCCCCC[P+](CCCCCCCC)(CCCCCCCC)CCCN(CC(=O)N(CC(C)C)CC(C)C)CC(=O)N(CC(C)C)CC(C)C. The van der Waals surface area contributed by atoms with Gasteiger partial charge in [0.1, 0.15) is 0 Å². The first-order valence-corrected chi connectivity index (χ1v) is 25.9. The molecule has 0 heterocycles. The second kappa shape index (κ2) is 33.5. The van der Waals surface area contributed by atoms with Crippen molar-refractivity contribution >= 4 is 19.1 Å². The third-order valence-corrected chi connectivity index (χ3v) is 15.9. The Kier molecular flexibility index (Phi) is 33.0.